The number of amides is 2. The molecule has 180 valence electrons. The minimum atomic E-state index is -0.293. The lowest BCUT2D eigenvalue weighted by Crippen LogP contribution is -2.36. The number of aliphatic imine (C=N–C) groups is 1. The van der Waals surface area contributed by atoms with Gasteiger partial charge in [-0.3, -0.25) is 19.5 Å². The monoisotopic (exact) mass is 461 g/mol. The quantitative estimate of drug-likeness (QED) is 0.594. The maximum atomic E-state index is 13.2. The van der Waals surface area contributed by atoms with E-state index in [-0.39, 0.29) is 17.9 Å². The van der Waals surface area contributed by atoms with E-state index in [2.05, 4.69) is 22.9 Å². The number of carbonyl (C=O) groups is 2. The van der Waals surface area contributed by atoms with Crippen molar-refractivity contribution in [2.75, 3.05) is 24.5 Å². The molecule has 4 heterocycles. The molecule has 1 aliphatic carbocycles. The third kappa shape index (κ3) is 4.17. The Bertz CT molecular complexity index is 1050. The molecule has 7 heteroatoms. The lowest BCUT2D eigenvalue weighted by atomic mass is 9.79. The van der Waals surface area contributed by atoms with E-state index in [4.69, 9.17) is 4.98 Å². The fraction of sp³-hybridized carbons (Fsp3) is 0.556. The summed E-state index contributed by atoms with van der Waals surface area (Å²) in [7, 11) is 0. The molecule has 1 unspecified atom stereocenters. The van der Waals surface area contributed by atoms with Crippen molar-refractivity contribution in [2.24, 2.45) is 4.99 Å². The number of carbonyl (C=O) groups excluding carboxylic acids is 2. The summed E-state index contributed by atoms with van der Waals surface area (Å²) in [5.74, 6) is 2.23. The number of likely N-dealkylation sites (tertiary alicyclic amines) is 1. The minimum Gasteiger partial charge on any atom is -0.339 e. The molecule has 2 fully saturated rings. The van der Waals surface area contributed by atoms with Gasteiger partial charge in [0.1, 0.15) is 17.7 Å². The van der Waals surface area contributed by atoms with Crippen LogP contribution in [0.3, 0.4) is 0 Å². The summed E-state index contributed by atoms with van der Waals surface area (Å²) in [6.45, 7) is 6.64. The smallest absolute Gasteiger partial charge is 0.257 e. The Labute approximate surface area is 202 Å². The second-order valence-corrected chi connectivity index (χ2v) is 9.77. The van der Waals surface area contributed by atoms with Gasteiger partial charge < -0.3 is 9.80 Å². The van der Waals surface area contributed by atoms with Gasteiger partial charge in [0.2, 0.25) is 0 Å². The lowest BCUT2D eigenvalue weighted by Gasteiger charge is -2.34. The van der Waals surface area contributed by atoms with E-state index < -0.39 is 0 Å². The number of allylic oxidation sites excluding steroid dienone is 1. The first-order valence-electron chi connectivity index (χ1n) is 13.0. The second-order valence-electron chi connectivity index (χ2n) is 9.77. The molecule has 2 amide bonds. The Kier molecular flexibility index (Phi) is 6.53. The van der Waals surface area contributed by atoms with Gasteiger partial charge in [-0.2, -0.15) is 0 Å². The van der Waals surface area contributed by atoms with Crippen LogP contribution in [0.4, 0.5) is 5.82 Å². The molecular formula is C27H35N5O2. The van der Waals surface area contributed by atoms with Gasteiger partial charge in [0.25, 0.3) is 11.8 Å². The molecule has 4 aliphatic rings. The zero-order valence-electron chi connectivity index (χ0n) is 20.4. The van der Waals surface area contributed by atoms with Crippen LogP contribution in [0.15, 0.2) is 41.3 Å². The van der Waals surface area contributed by atoms with Crippen LogP contribution in [-0.2, 0) is 4.79 Å². The molecule has 1 saturated carbocycles. The normalized spacial score (nSPS) is 22.3. The van der Waals surface area contributed by atoms with Crippen LogP contribution in [0.1, 0.15) is 87.1 Å². The Hall–Kier alpha value is -2.96. The number of rotatable bonds is 7. The van der Waals surface area contributed by atoms with Crippen molar-refractivity contribution in [1.29, 1.82) is 0 Å². The summed E-state index contributed by atoms with van der Waals surface area (Å²) < 4.78 is 0. The molecule has 0 N–H and O–H groups in total. The van der Waals surface area contributed by atoms with Crippen molar-refractivity contribution in [1.82, 2.24) is 14.8 Å². The molecule has 1 aromatic rings. The van der Waals surface area contributed by atoms with E-state index in [1.54, 1.807) is 11.1 Å². The summed E-state index contributed by atoms with van der Waals surface area (Å²) in [5.41, 5.74) is 2.87. The highest BCUT2D eigenvalue weighted by atomic mass is 16.2. The fourth-order valence-corrected chi connectivity index (χ4v) is 5.27. The van der Waals surface area contributed by atoms with Gasteiger partial charge in [-0.25, -0.2) is 4.98 Å². The average molecular weight is 462 g/mol. The summed E-state index contributed by atoms with van der Waals surface area (Å²) in [6.07, 6.45) is 16.1. The molecule has 34 heavy (non-hydrogen) atoms. The average Bonchev–Trinajstić information content (AvgIpc) is 3.16. The van der Waals surface area contributed by atoms with Crippen molar-refractivity contribution < 1.29 is 9.59 Å². The van der Waals surface area contributed by atoms with Crippen LogP contribution >= 0.6 is 0 Å². The molecule has 0 radical (unpaired) electrons. The second kappa shape index (κ2) is 9.72. The molecular weight excluding hydrogens is 426 g/mol. The molecule has 5 rings (SSSR count). The van der Waals surface area contributed by atoms with E-state index in [0.717, 1.165) is 63.3 Å². The van der Waals surface area contributed by atoms with E-state index in [1.807, 2.05) is 30.2 Å². The van der Waals surface area contributed by atoms with Crippen LogP contribution in [0.5, 0.6) is 0 Å². The zero-order chi connectivity index (χ0) is 23.7. The molecule has 7 nitrogen and oxygen atoms in total. The highest BCUT2D eigenvalue weighted by Gasteiger charge is 2.34. The zero-order valence-corrected chi connectivity index (χ0v) is 20.4. The van der Waals surface area contributed by atoms with Gasteiger partial charge in [-0.1, -0.05) is 20.3 Å². The number of aromatic nitrogens is 1. The van der Waals surface area contributed by atoms with Crippen LogP contribution < -0.4 is 4.90 Å². The Morgan fingerprint density at radius 1 is 1.15 bits per heavy atom. The van der Waals surface area contributed by atoms with Crippen molar-refractivity contribution in [3.05, 3.63) is 47.4 Å². The van der Waals surface area contributed by atoms with E-state index in [9.17, 15) is 9.59 Å². The van der Waals surface area contributed by atoms with Crippen molar-refractivity contribution in [2.45, 2.75) is 77.2 Å². The van der Waals surface area contributed by atoms with Crippen LogP contribution in [0, 0.1) is 0 Å². The molecule has 3 aliphatic heterocycles. The third-order valence-corrected chi connectivity index (χ3v) is 7.46. The predicted octanol–water partition coefficient (Wildman–Crippen LogP) is 4.62. The number of hydrogen-bond donors (Lipinski definition) is 0. The van der Waals surface area contributed by atoms with Crippen molar-refractivity contribution in [3.8, 4) is 0 Å². The highest BCUT2D eigenvalue weighted by molar-refractivity contribution is 6.13. The molecule has 1 atom stereocenters. The molecule has 0 aromatic carbocycles. The van der Waals surface area contributed by atoms with Gasteiger partial charge in [0, 0.05) is 43.8 Å². The largest absolute Gasteiger partial charge is 0.339 e. The van der Waals surface area contributed by atoms with E-state index >= 15 is 0 Å². The van der Waals surface area contributed by atoms with Gasteiger partial charge >= 0.3 is 0 Å². The summed E-state index contributed by atoms with van der Waals surface area (Å²) in [5, 5.41) is 0. The maximum absolute atomic E-state index is 13.2. The number of fused-ring (bicyclic) bond motifs is 1. The predicted molar refractivity (Wildman–Crippen MR) is 134 cm³/mol. The van der Waals surface area contributed by atoms with Gasteiger partial charge in [-0.15, -0.1) is 0 Å². The van der Waals surface area contributed by atoms with E-state index in [1.165, 1.54) is 18.4 Å². The first-order chi connectivity index (χ1) is 16.6. The number of anilines is 1. The standard InChI is InChI=1S/C27H35N5O2/c1-3-12-31(21-11-15-32-24(17-21)29-23(4-2)27(32)34)25-22(19-9-8-10-19)16-20(18-28-25)26(33)30-13-6-5-7-14-30/h11,15-19,23H,3-10,12-14H2,1-2H3. The maximum Gasteiger partial charge on any atom is 0.257 e. The first kappa shape index (κ1) is 22.8. The summed E-state index contributed by atoms with van der Waals surface area (Å²) in [4.78, 5) is 41.2. The van der Waals surface area contributed by atoms with Crippen molar-refractivity contribution >= 4 is 23.5 Å². The molecule has 1 saturated heterocycles. The van der Waals surface area contributed by atoms with Gasteiger partial charge in [0.15, 0.2) is 0 Å². The number of piperidine rings is 1. The summed E-state index contributed by atoms with van der Waals surface area (Å²) in [6, 6.07) is 1.81. The number of nitrogens with zero attached hydrogens (tertiary/aromatic N) is 5. The Balaban J connectivity index is 1.49. The number of pyridine rings is 1. The molecule has 0 spiro atoms. The van der Waals surface area contributed by atoms with Gasteiger partial charge in [-0.05, 0) is 68.6 Å². The van der Waals surface area contributed by atoms with Crippen molar-refractivity contribution in [3.63, 3.8) is 0 Å². The minimum absolute atomic E-state index is 0.0416. The number of hydrogen-bond acceptors (Lipinski definition) is 5. The SMILES string of the molecule is CCCN(C1=CC2=NC(CC)C(=O)N2C=C1)c1ncc(C(=O)N2CCCCC2)cc1C1CCC1. The third-order valence-electron chi connectivity index (χ3n) is 7.46. The van der Waals surface area contributed by atoms with Crippen LogP contribution in [0.25, 0.3) is 0 Å². The molecule has 1 aromatic heterocycles. The fourth-order valence-electron chi connectivity index (χ4n) is 5.27. The van der Waals surface area contributed by atoms with E-state index in [0.29, 0.717) is 23.7 Å². The summed E-state index contributed by atoms with van der Waals surface area (Å²) >= 11 is 0. The Morgan fingerprint density at radius 2 is 1.94 bits per heavy atom. The van der Waals surface area contributed by atoms with Crippen LogP contribution in [0.2, 0.25) is 0 Å². The lowest BCUT2D eigenvalue weighted by molar-refractivity contribution is -0.125. The molecule has 0 bridgehead atoms. The Morgan fingerprint density at radius 3 is 2.62 bits per heavy atom. The van der Waals surface area contributed by atoms with Gasteiger partial charge in [0.05, 0.1) is 5.56 Å². The topological polar surface area (TPSA) is 69.1 Å². The number of amidine groups is 1. The van der Waals surface area contributed by atoms with Crippen LogP contribution in [-0.4, -0.2) is 58.1 Å². The highest BCUT2D eigenvalue weighted by Crippen LogP contribution is 2.42. The first-order valence-corrected chi connectivity index (χ1v) is 13.0.